The number of carbonyl (C=O) groups excluding carboxylic acids is 1. The molecule has 2 atom stereocenters. The van der Waals surface area contributed by atoms with Crippen molar-refractivity contribution in [2.45, 2.75) is 37.6 Å². The maximum Gasteiger partial charge on any atom is 0.135 e. The molecule has 2 fully saturated rings. The van der Waals surface area contributed by atoms with Gasteiger partial charge in [-0.05, 0) is 30.4 Å². The minimum atomic E-state index is -0.0889. The van der Waals surface area contributed by atoms with Gasteiger partial charge in [0.15, 0.2) is 0 Å². The lowest BCUT2D eigenvalue weighted by Gasteiger charge is -2.42. The highest BCUT2D eigenvalue weighted by molar-refractivity contribution is 5.80. The van der Waals surface area contributed by atoms with Crippen molar-refractivity contribution in [3.63, 3.8) is 0 Å². The molecule has 0 bridgehead atoms. The van der Waals surface area contributed by atoms with Gasteiger partial charge < -0.3 is 0 Å². The highest BCUT2D eigenvalue weighted by Crippen LogP contribution is 2.34. The summed E-state index contributed by atoms with van der Waals surface area (Å²) in [6.07, 6.45) is 3.38. The van der Waals surface area contributed by atoms with Crippen LogP contribution in [0.3, 0.4) is 0 Å². The Bertz CT molecular complexity index is 460. The first-order valence-electron chi connectivity index (χ1n) is 6.74. The number of halogens is 1. The van der Waals surface area contributed by atoms with Crippen molar-refractivity contribution in [1.82, 2.24) is 4.90 Å². The normalized spacial score (nSPS) is 29.1. The zero-order valence-electron chi connectivity index (χ0n) is 10.4. The second-order valence-electron chi connectivity index (χ2n) is 5.44. The molecule has 1 aromatic carbocycles. The summed E-state index contributed by atoms with van der Waals surface area (Å²) in [6, 6.07) is 7.50. The highest BCUT2D eigenvalue weighted by atomic mass is 19.1. The van der Waals surface area contributed by atoms with Gasteiger partial charge in [-0.3, -0.25) is 9.69 Å². The van der Waals surface area contributed by atoms with E-state index in [1.807, 2.05) is 12.1 Å². The Morgan fingerprint density at radius 1 is 1.22 bits per heavy atom. The molecule has 0 unspecified atom stereocenters. The second-order valence-corrected chi connectivity index (χ2v) is 5.44. The summed E-state index contributed by atoms with van der Waals surface area (Å²) in [6.45, 7) is 1.76. The fraction of sp³-hybridized carbons (Fsp3) is 0.533. The molecule has 0 amide bonds. The van der Waals surface area contributed by atoms with Crippen molar-refractivity contribution in [2.24, 2.45) is 0 Å². The van der Waals surface area contributed by atoms with Gasteiger partial charge in [-0.25, -0.2) is 4.39 Å². The van der Waals surface area contributed by atoms with Crippen LogP contribution >= 0.6 is 0 Å². The summed E-state index contributed by atoms with van der Waals surface area (Å²) < 4.78 is 13.8. The van der Waals surface area contributed by atoms with E-state index in [-0.39, 0.29) is 11.7 Å². The van der Waals surface area contributed by atoms with Gasteiger partial charge in [0.1, 0.15) is 11.6 Å². The monoisotopic (exact) mass is 247 g/mol. The number of nitrogens with zero attached hydrogens (tertiary/aromatic N) is 1. The first-order chi connectivity index (χ1) is 8.74. The Labute approximate surface area is 107 Å². The van der Waals surface area contributed by atoms with Gasteiger partial charge in [0, 0.05) is 32.0 Å². The van der Waals surface area contributed by atoms with Crippen LogP contribution in [-0.2, 0) is 4.79 Å². The van der Waals surface area contributed by atoms with Crippen LogP contribution < -0.4 is 0 Å². The third-order valence-electron chi connectivity index (χ3n) is 4.31. The molecule has 18 heavy (non-hydrogen) atoms. The maximum atomic E-state index is 13.8. The molecule has 2 aliphatic heterocycles. The summed E-state index contributed by atoms with van der Waals surface area (Å²) in [5.41, 5.74) is 0.841. The van der Waals surface area contributed by atoms with E-state index in [0.717, 1.165) is 31.5 Å². The molecule has 0 spiro atoms. The summed E-state index contributed by atoms with van der Waals surface area (Å²) >= 11 is 0. The van der Waals surface area contributed by atoms with Crippen LogP contribution in [0.5, 0.6) is 0 Å². The average Bonchev–Trinajstić information content (AvgIpc) is 2.39. The molecule has 96 valence electrons. The predicted molar refractivity (Wildman–Crippen MR) is 68.0 cm³/mol. The predicted octanol–water partition coefficient (Wildman–Crippen LogP) is 2.74. The van der Waals surface area contributed by atoms with Gasteiger partial charge in [0.25, 0.3) is 0 Å². The molecule has 2 aliphatic rings. The Hall–Kier alpha value is -1.22. The summed E-state index contributed by atoms with van der Waals surface area (Å²) in [5.74, 6) is 0.588. The molecule has 0 radical (unpaired) electrons. The fourth-order valence-corrected chi connectivity index (χ4v) is 3.30. The molecule has 0 N–H and O–H groups in total. The largest absolute Gasteiger partial charge is 0.300 e. The maximum absolute atomic E-state index is 13.8. The van der Waals surface area contributed by atoms with E-state index in [2.05, 4.69) is 4.90 Å². The standard InChI is InChI=1S/C15H18FNO/c16-15-4-2-1-3-14(15)11-5-6-12-9-13(18)7-8-17(12)10-11/h1-4,11-12H,5-10H2/t11-,12+/m1/s1. The third-order valence-corrected chi connectivity index (χ3v) is 4.31. The van der Waals surface area contributed by atoms with Crippen LogP contribution in [-0.4, -0.2) is 29.8 Å². The number of Topliss-reactive ketones (excluding diaryl/α,β-unsaturated/α-hetero) is 1. The van der Waals surface area contributed by atoms with E-state index in [4.69, 9.17) is 0 Å². The van der Waals surface area contributed by atoms with Crippen molar-refractivity contribution in [3.8, 4) is 0 Å². The average molecular weight is 247 g/mol. The number of carbonyl (C=O) groups is 1. The van der Waals surface area contributed by atoms with Crippen molar-refractivity contribution in [3.05, 3.63) is 35.6 Å². The summed E-state index contributed by atoms with van der Waals surface area (Å²) in [4.78, 5) is 13.8. The number of hydrogen-bond donors (Lipinski definition) is 0. The molecule has 0 aliphatic carbocycles. The lowest BCUT2D eigenvalue weighted by atomic mass is 9.83. The van der Waals surface area contributed by atoms with Gasteiger partial charge >= 0.3 is 0 Å². The topological polar surface area (TPSA) is 20.3 Å². The molecular formula is C15H18FNO. The van der Waals surface area contributed by atoms with Crippen LogP contribution in [0, 0.1) is 5.82 Å². The minimum Gasteiger partial charge on any atom is -0.300 e. The molecule has 1 aromatic rings. The van der Waals surface area contributed by atoms with Crippen LogP contribution in [0.15, 0.2) is 24.3 Å². The lowest BCUT2D eigenvalue weighted by Crippen LogP contribution is -2.47. The third kappa shape index (κ3) is 2.19. The number of rotatable bonds is 1. The number of benzene rings is 1. The number of ketones is 1. The second kappa shape index (κ2) is 4.81. The summed E-state index contributed by atoms with van der Waals surface area (Å²) in [5, 5.41) is 0. The number of fused-ring (bicyclic) bond motifs is 1. The van der Waals surface area contributed by atoms with Gasteiger partial charge in [0.2, 0.25) is 0 Å². The molecule has 0 saturated carbocycles. The van der Waals surface area contributed by atoms with Gasteiger partial charge in [-0.15, -0.1) is 0 Å². The zero-order chi connectivity index (χ0) is 12.5. The van der Waals surface area contributed by atoms with Crippen molar-refractivity contribution in [2.75, 3.05) is 13.1 Å². The fourth-order valence-electron chi connectivity index (χ4n) is 3.30. The van der Waals surface area contributed by atoms with Gasteiger partial charge in [0.05, 0.1) is 0 Å². The highest BCUT2D eigenvalue weighted by Gasteiger charge is 2.33. The molecule has 3 rings (SSSR count). The van der Waals surface area contributed by atoms with Gasteiger partial charge in [-0.1, -0.05) is 18.2 Å². The van der Waals surface area contributed by atoms with Crippen molar-refractivity contribution >= 4 is 5.78 Å². The molecule has 2 saturated heterocycles. The van der Waals surface area contributed by atoms with Crippen LogP contribution in [0.2, 0.25) is 0 Å². The van der Waals surface area contributed by atoms with Gasteiger partial charge in [-0.2, -0.15) is 0 Å². The SMILES string of the molecule is O=C1CCN2C[C@H](c3ccccc3F)CC[C@H]2C1. The molecule has 2 heterocycles. The van der Waals surface area contributed by atoms with E-state index in [1.54, 1.807) is 12.1 Å². The van der Waals surface area contributed by atoms with E-state index in [0.29, 0.717) is 24.7 Å². The Balaban J connectivity index is 1.75. The van der Waals surface area contributed by atoms with E-state index in [1.165, 1.54) is 0 Å². The Morgan fingerprint density at radius 2 is 2.06 bits per heavy atom. The van der Waals surface area contributed by atoms with Crippen molar-refractivity contribution in [1.29, 1.82) is 0 Å². The van der Waals surface area contributed by atoms with E-state index < -0.39 is 0 Å². The zero-order valence-corrected chi connectivity index (χ0v) is 10.4. The number of piperidine rings is 2. The van der Waals surface area contributed by atoms with E-state index >= 15 is 0 Å². The first kappa shape index (κ1) is 11.8. The Morgan fingerprint density at radius 3 is 2.89 bits per heavy atom. The number of hydrogen-bond acceptors (Lipinski definition) is 2. The first-order valence-corrected chi connectivity index (χ1v) is 6.74. The smallest absolute Gasteiger partial charge is 0.135 e. The quantitative estimate of drug-likeness (QED) is 0.760. The Kier molecular flexibility index (Phi) is 3.16. The summed E-state index contributed by atoms with van der Waals surface area (Å²) in [7, 11) is 0. The van der Waals surface area contributed by atoms with E-state index in [9.17, 15) is 9.18 Å². The molecule has 0 aromatic heterocycles. The molecule has 3 heteroatoms. The lowest BCUT2D eigenvalue weighted by molar-refractivity contribution is -0.124. The van der Waals surface area contributed by atoms with Crippen LogP contribution in [0.25, 0.3) is 0 Å². The molecular weight excluding hydrogens is 229 g/mol. The van der Waals surface area contributed by atoms with Crippen LogP contribution in [0.4, 0.5) is 4.39 Å². The minimum absolute atomic E-state index is 0.0889. The molecule has 2 nitrogen and oxygen atoms in total. The van der Waals surface area contributed by atoms with Crippen molar-refractivity contribution < 1.29 is 9.18 Å². The van der Waals surface area contributed by atoms with Crippen LogP contribution in [0.1, 0.15) is 37.2 Å².